The second-order valence-corrected chi connectivity index (χ2v) is 5.09. The first kappa shape index (κ1) is 13.0. The third kappa shape index (κ3) is 2.38. The fraction of sp³-hybridized carbons (Fsp3) is 0.750. The van der Waals surface area contributed by atoms with Crippen LogP contribution in [0.1, 0.15) is 39.0 Å². The summed E-state index contributed by atoms with van der Waals surface area (Å²) in [4.78, 5) is 36.4. The summed E-state index contributed by atoms with van der Waals surface area (Å²) in [7, 11) is 0. The molecule has 1 aliphatic heterocycles. The summed E-state index contributed by atoms with van der Waals surface area (Å²) in [6.45, 7) is 1.60. The Morgan fingerprint density at radius 3 is 2.56 bits per heavy atom. The Morgan fingerprint density at radius 2 is 2.00 bits per heavy atom. The van der Waals surface area contributed by atoms with E-state index in [-0.39, 0.29) is 24.3 Å². The van der Waals surface area contributed by atoms with Crippen LogP contribution in [0.5, 0.6) is 0 Å². The number of imide groups is 1. The van der Waals surface area contributed by atoms with Crippen LogP contribution in [0.2, 0.25) is 0 Å². The van der Waals surface area contributed by atoms with E-state index in [1.165, 1.54) is 4.90 Å². The Bertz CT molecular complexity index is 377. The molecule has 6 nitrogen and oxygen atoms in total. The van der Waals surface area contributed by atoms with Crippen molar-refractivity contribution in [1.29, 1.82) is 0 Å². The van der Waals surface area contributed by atoms with Gasteiger partial charge < -0.3 is 5.73 Å². The number of amides is 3. The normalized spacial score (nSPS) is 26.9. The van der Waals surface area contributed by atoms with E-state index in [4.69, 9.17) is 5.73 Å². The molecule has 0 radical (unpaired) electrons. The number of primary amides is 1. The quantitative estimate of drug-likeness (QED) is 0.662. The Hall–Kier alpha value is -1.43. The number of rotatable bonds is 4. The fourth-order valence-corrected chi connectivity index (χ4v) is 2.71. The molecule has 1 saturated carbocycles. The maximum atomic E-state index is 12.2. The summed E-state index contributed by atoms with van der Waals surface area (Å²) in [5, 5.41) is 2.83. The first-order chi connectivity index (χ1) is 8.50. The third-order valence-electron chi connectivity index (χ3n) is 3.75. The number of hydrogen-bond donors (Lipinski definition) is 2. The van der Waals surface area contributed by atoms with Crippen molar-refractivity contribution >= 4 is 17.7 Å². The molecule has 18 heavy (non-hydrogen) atoms. The monoisotopic (exact) mass is 253 g/mol. The smallest absolute Gasteiger partial charge is 0.247 e. The van der Waals surface area contributed by atoms with Crippen LogP contribution >= 0.6 is 0 Å². The molecule has 0 aromatic rings. The van der Waals surface area contributed by atoms with Crippen LogP contribution in [0.25, 0.3) is 0 Å². The molecule has 2 fully saturated rings. The van der Waals surface area contributed by atoms with Crippen LogP contribution in [0.3, 0.4) is 0 Å². The molecule has 100 valence electrons. The molecule has 1 heterocycles. The second kappa shape index (κ2) is 5.06. The summed E-state index contributed by atoms with van der Waals surface area (Å²) < 4.78 is 0. The Balaban J connectivity index is 2.02. The highest BCUT2D eigenvalue weighted by Crippen LogP contribution is 2.28. The summed E-state index contributed by atoms with van der Waals surface area (Å²) in [6.07, 6.45) is 4.06. The number of carbonyl (C=O) groups excluding carboxylic acids is 3. The summed E-state index contributed by atoms with van der Waals surface area (Å²) in [5.41, 5.74) is 5.14. The van der Waals surface area contributed by atoms with Crippen LogP contribution in [0.15, 0.2) is 0 Å². The van der Waals surface area contributed by atoms with Gasteiger partial charge >= 0.3 is 0 Å². The van der Waals surface area contributed by atoms with Gasteiger partial charge in [0.25, 0.3) is 0 Å². The lowest BCUT2D eigenvalue weighted by Gasteiger charge is -2.22. The molecule has 0 aromatic heterocycles. The van der Waals surface area contributed by atoms with Gasteiger partial charge in [-0.2, -0.15) is 0 Å². The summed E-state index contributed by atoms with van der Waals surface area (Å²) >= 11 is 0. The van der Waals surface area contributed by atoms with Crippen LogP contribution < -0.4 is 11.1 Å². The molecule has 6 heteroatoms. The topological polar surface area (TPSA) is 92.5 Å². The van der Waals surface area contributed by atoms with E-state index in [0.29, 0.717) is 0 Å². The van der Waals surface area contributed by atoms with Gasteiger partial charge in [0.1, 0.15) is 0 Å². The maximum Gasteiger partial charge on any atom is 0.247 e. The van der Waals surface area contributed by atoms with E-state index in [9.17, 15) is 14.4 Å². The molecule has 0 aromatic carbocycles. The predicted molar refractivity (Wildman–Crippen MR) is 64.3 cm³/mol. The van der Waals surface area contributed by atoms with Gasteiger partial charge in [-0.15, -0.1) is 0 Å². The molecular formula is C12H19N3O3. The lowest BCUT2D eigenvalue weighted by molar-refractivity contribution is -0.141. The Morgan fingerprint density at radius 1 is 1.39 bits per heavy atom. The van der Waals surface area contributed by atoms with Gasteiger partial charge in [-0.3, -0.25) is 24.6 Å². The van der Waals surface area contributed by atoms with E-state index in [1.807, 2.05) is 0 Å². The number of nitrogens with zero attached hydrogens (tertiary/aromatic N) is 1. The van der Waals surface area contributed by atoms with Crippen LogP contribution in [0.4, 0.5) is 0 Å². The number of nitrogens with two attached hydrogens (primary N) is 1. The lowest BCUT2D eigenvalue weighted by Crippen LogP contribution is -2.49. The standard InChI is InChI=1S/C12H19N3O3/c1-7(11(13)17)14-9-6-10(16)15(12(9)18)8-4-2-3-5-8/h7-9,14H,2-6H2,1H3,(H2,13,17). The zero-order valence-corrected chi connectivity index (χ0v) is 10.5. The first-order valence-corrected chi connectivity index (χ1v) is 6.42. The molecule has 3 N–H and O–H groups in total. The number of likely N-dealkylation sites (tertiary alicyclic amines) is 1. The fourth-order valence-electron chi connectivity index (χ4n) is 2.71. The average Bonchev–Trinajstić information content (AvgIpc) is 2.88. The van der Waals surface area contributed by atoms with Crippen LogP contribution in [-0.4, -0.2) is 40.7 Å². The van der Waals surface area contributed by atoms with Gasteiger partial charge in [0.2, 0.25) is 17.7 Å². The van der Waals surface area contributed by atoms with Crippen molar-refractivity contribution < 1.29 is 14.4 Å². The zero-order valence-electron chi connectivity index (χ0n) is 10.5. The van der Waals surface area contributed by atoms with Crippen molar-refractivity contribution in [2.24, 2.45) is 5.73 Å². The van der Waals surface area contributed by atoms with Gasteiger partial charge in [-0.25, -0.2) is 0 Å². The third-order valence-corrected chi connectivity index (χ3v) is 3.75. The van der Waals surface area contributed by atoms with E-state index in [1.54, 1.807) is 6.92 Å². The van der Waals surface area contributed by atoms with E-state index in [0.717, 1.165) is 25.7 Å². The van der Waals surface area contributed by atoms with Gasteiger partial charge in [-0.1, -0.05) is 12.8 Å². The molecule has 2 unspecified atom stereocenters. The van der Waals surface area contributed by atoms with Crippen molar-refractivity contribution in [3.05, 3.63) is 0 Å². The minimum Gasteiger partial charge on any atom is -0.368 e. The van der Waals surface area contributed by atoms with E-state index >= 15 is 0 Å². The number of hydrogen-bond acceptors (Lipinski definition) is 4. The van der Waals surface area contributed by atoms with Crippen LogP contribution in [-0.2, 0) is 14.4 Å². The molecule has 0 spiro atoms. The van der Waals surface area contributed by atoms with Crippen molar-refractivity contribution in [3.8, 4) is 0 Å². The Labute approximate surface area is 106 Å². The first-order valence-electron chi connectivity index (χ1n) is 6.42. The van der Waals surface area contributed by atoms with Gasteiger partial charge in [0.15, 0.2) is 0 Å². The highest BCUT2D eigenvalue weighted by Gasteiger charge is 2.43. The summed E-state index contributed by atoms with van der Waals surface area (Å²) in [5.74, 6) is -0.865. The highest BCUT2D eigenvalue weighted by molar-refractivity contribution is 6.06. The maximum absolute atomic E-state index is 12.2. The predicted octanol–water partition coefficient (Wildman–Crippen LogP) is -0.480. The molecule has 3 amide bonds. The van der Waals surface area contributed by atoms with Crippen molar-refractivity contribution in [2.75, 3.05) is 0 Å². The minimum absolute atomic E-state index is 0.0562. The Kier molecular flexibility index (Phi) is 3.65. The average molecular weight is 253 g/mol. The molecule has 2 rings (SSSR count). The van der Waals surface area contributed by atoms with Gasteiger partial charge in [0.05, 0.1) is 18.5 Å². The highest BCUT2D eigenvalue weighted by atomic mass is 16.2. The van der Waals surface area contributed by atoms with Gasteiger partial charge in [-0.05, 0) is 19.8 Å². The molecule has 1 saturated heterocycles. The molecule has 2 atom stereocenters. The molecule has 2 aliphatic rings. The largest absolute Gasteiger partial charge is 0.368 e. The zero-order chi connectivity index (χ0) is 13.3. The number of nitrogens with one attached hydrogen (secondary N) is 1. The van der Waals surface area contributed by atoms with Crippen molar-refractivity contribution in [2.45, 2.75) is 57.2 Å². The molecule has 1 aliphatic carbocycles. The van der Waals surface area contributed by atoms with Gasteiger partial charge in [0, 0.05) is 6.04 Å². The van der Waals surface area contributed by atoms with Crippen LogP contribution in [0, 0.1) is 0 Å². The lowest BCUT2D eigenvalue weighted by atomic mass is 10.2. The van der Waals surface area contributed by atoms with Crippen molar-refractivity contribution in [1.82, 2.24) is 10.2 Å². The van der Waals surface area contributed by atoms with E-state index < -0.39 is 18.0 Å². The SMILES string of the molecule is CC(NC1CC(=O)N(C2CCCC2)C1=O)C(N)=O. The summed E-state index contributed by atoms with van der Waals surface area (Å²) in [6, 6.07) is -1.14. The molecular weight excluding hydrogens is 234 g/mol. The van der Waals surface area contributed by atoms with E-state index in [2.05, 4.69) is 5.32 Å². The molecule has 0 bridgehead atoms. The van der Waals surface area contributed by atoms with Crippen molar-refractivity contribution in [3.63, 3.8) is 0 Å². The second-order valence-electron chi connectivity index (χ2n) is 5.09. The number of carbonyl (C=O) groups is 3. The minimum atomic E-state index is -0.602.